The minimum atomic E-state index is -0.213. The van der Waals surface area contributed by atoms with Crippen LogP contribution in [0.3, 0.4) is 0 Å². The monoisotopic (exact) mass is 386 g/mol. The summed E-state index contributed by atoms with van der Waals surface area (Å²) < 4.78 is 8.80. The van der Waals surface area contributed by atoms with Gasteiger partial charge >= 0.3 is 0 Å². The number of halogens is 3. The van der Waals surface area contributed by atoms with Crippen molar-refractivity contribution in [1.82, 2.24) is 9.55 Å². The van der Waals surface area contributed by atoms with Crippen molar-refractivity contribution in [1.29, 1.82) is 0 Å². The van der Waals surface area contributed by atoms with Gasteiger partial charge in [-0.15, -0.1) is 11.3 Å². The van der Waals surface area contributed by atoms with Crippen LogP contribution in [0, 0.1) is 0 Å². The molecular weight excluding hydrogens is 375 g/mol. The number of thiophene rings is 1. The summed E-state index contributed by atoms with van der Waals surface area (Å²) in [5, 5.41) is 1.19. The van der Waals surface area contributed by atoms with Crippen LogP contribution in [0.5, 0.6) is 0 Å². The van der Waals surface area contributed by atoms with Crippen molar-refractivity contribution >= 4 is 46.1 Å². The van der Waals surface area contributed by atoms with E-state index in [1.165, 1.54) is 11.3 Å². The molecule has 0 aliphatic heterocycles. The van der Waals surface area contributed by atoms with Crippen LogP contribution >= 0.6 is 46.1 Å². The number of benzene rings is 1. The van der Waals surface area contributed by atoms with Gasteiger partial charge in [0, 0.05) is 32.9 Å². The average Bonchev–Trinajstić information content (AvgIpc) is 3.15. The highest BCUT2D eigenvalue weighted by molar-refractivity contribution is 7.16. The van der Waals surface area contributed by atoms with Gasteiger partial charge in [-0.25, -0.2) is 4.98 Å². The lowest BCUT2D eigenvalue weighted by molar-refractivity contribution is 0.0295. The molecule has 0 amide bonds. The molecule has 0 aliphatic carbocycles. The molecule has 23 heavy (non-hydrogen) atoms. The summed E-state index contributed by atoms with van der Waals surface area (Å²) in [6.45, 7) is 1.08. The second-order valence-corrected chi connectivity index (χ2v) is 7.57. The summed E-state index contributed by atoms with van der Waals surface area (Å²) in [5.41, 5.74) is 0.896. The Balaban J connectivity index is 1.80. The van der Waals surface area contributed by atoms with Crippen LogP contribution in [0.4, 0.5) is 0 Å². The number of rotatable bonds is 6. The molecule has 0 N–H and O–H groups in total. The van der Waals surface area contributed by atoms with Crippen molar-refractivity contribution in [2.75, 3.05) is 0 Å². The van der Waals surface area contributed by atoms with Gasteiger partial charge in [0.25, 0.3) is 0 Å². The van der Waals surface area contributed by atoms with E-state index >= 15 is 0 Å². The van der Waals surface area contributed by atoms with E-state index in [1.807, 2.05) is 35.0 Å². The van der Waals surface area contributed by atoms with E-state index in [2.05, 4.69) is 4.98 Å². The third-order valence-corrected chi connectivity index (χ3v) is 5.07. The van der Waals surface area contributed by atoms with Crippen molar-refractivity contribution in [2.24, 2.45) is 0 Å². The van der Waals surface area contributed by atoms with Gasteiger partial charge in [0.15, 0.2) is 0 Å². The summed E-state index contributed by atoms with van der Waals surface area (Å²) in [5.74, 6) is 0. The van der Waals surface area contributed by atoms with Gasteiger partial charge in [-0.3, -0.25) is 0 Å². The van der Waals surface area contributed by atoms with Gasteiger partial charge in [0.1, 0.15) is 6.10 Å². The molecule has 0 fully saturated rings. The topological polar surface area (TPSA) is 27.1 Å². The first-order valence-electron chi connectivity index (χ1n) is 6.88. The van der Waals surface area contributed by atoms with Gasteiger partial charge in [-0.05, 0) is 24.3 Å². The molecule has 1 atom stereocenters. The molecule has 7 heteroatoms. The predicted molar refractivity (Wildman–Crippen MR) is 95.5 cm³/mol. The fourth-order valence-electron chi connectivity index (χ4n) is 2.20. The molecule has 0 saturated carbocycles. The molecule has 0 bridgehead atoms. The van der Waals surface area contributed by atoms with Crippen LogP contribution in [-0.4, -0.2) is 9.55 Å². The van der Waals surface area contributed by atoms with Crippen LogP contribution in [0.1, 0.15) is 16.5 Å². The lowest BCUT2D eigenvalue weighted by Gasteiger charge is -2.20. The Labute approximate surface area is 153 Å². The van der Waals surface area contributed by atoms with Crippen LogP contribution in [0.15, 0.2) is 49.1 Å². The Kier molecular flexibility index (Phi) is 5.62. The third kappa shape index (κ3) is 4.49. The molecule has 3 nitrogen and oxygen atoms in total. The largest absolute Gasteiger partial charge is 0.366 e. The summed E-state index contributed by atoms with van der Waals surface area (Å²) >= 11 is 19.8. The first kappa shape index (κ1) is 16.8. The molecule has 2 aromatic heterocycles. The molecule has 3 aromatic rings. The average molecular weight is 388 g/mol. The zero-order valence-corrected chi connectivity index (χ0v) is 15.0. The number of nitrogens with zero attached hydrogens (tertiary/aromatic N) is 2. The molecule has 1 unspecified atom stereocenters. The summed E-state index contributed by atoms with van der Waals surface area (Å²) in [6.07, 6.45) is 5.17. The van der Waals surface area contributed by atoms with E-state index in [-0.39, 0.29) is 6.10 Å². The second-order valence-electron chi connectivity index (χ2n) is 4.93. The molecular formula is C16H13Cl3N2OS. The number of hydrogen-bond acceptors (Lipinski definition) is 3. The van der Waals surface area contributed by atoms with E-state index < -0.39 is 0 Å². The Hall–Kier alpha value is -1.04. The molecule has 0 radical (unpaired) electrons. The van der Waals surface area contributed by atoms with E-state index in [0.717, 1.165) is 14.8 Å². The highest BCUT2D eigenvalue weighted by atomic mass is 35.5. The molecule has 120 valence electrons. The van der Waals surface area contributed by atoms with E-state index in [9.17, 15) is 0 Å². The second kappa shape index (κ2) is 7.69. The fourth-order valence-corrected chi connectivity index (χ4v) is 3.74. The maximum Gasteiger partial charge on any atom is 0.102 e. The van der Waals surface area contributed by atoms with Crippen molar-refractivity contribution in [2.45, 2.75) is 19.3 Å². The van der Waals surface area contributed by atoms with Crippen LogP contribution in [0.2, 0.25) is 14.4 Å². The van der Waals surface area contributed by atoms with Crippen molar-refractivity contribution < 1.29 is 4.74 Å². The fraction of sp³-hybridized carbons (Fsp3) is 0.188. The maximum absolute atomic E-state index is 6.34. The number of hydrogen-bond donors (Lipinski definition) is 0. The minimum Gasteiger partial charge on any atom is -0.366 e. The summed E-state index contributed by atoms with van der Waals surface area (Å²) in [6, 6.07) is 9.27. The molecule has 1 aromatic carbocycles. The SMILES string of the molecule is Clc1ccc(C(Cn2ccnc2)OCc2ccc(Cl)s2)c(Cl)c1. The molecule has 2 heterocycles. The van der Waals surface area contributed by atoms with Crippen molar-refractivity contribution in [3.05, 3.63) is 73.9 Å². The maximum atomic E-state index is 6.34. The quantitative estimate of drug-likeness (QED) is 0.529. The predicted octanol–water partition coefficient (Wildman–Crippen LogP) is 5.86. The third-order valence-electron chi connectivity index (χ3n) is 3.30. The van der Waals surface area contributed by atoms with Crippen molar-refractivity contribution in [3.63, 3.8) is 0 Å². The van der Waals surface area contributed by atoms with Gasteiger partial charge in [0.2, 0.25) is 0 Å². The first-order valence-corrected chi connectivity index (χ1v) is 8.83. The number of ether oxygens (including phenoxy) is 1. The highest BCUT2D eigenvalue weighted by Gasteiger charge is 2.17. The standard InChI is InChI=1S/C16H13Cl3N2OS/c17-11-1-3-13(14(18)7-11)15(8-21-6-5-20-10-21)22-9-12-2-4-16(19)23-12/h1-7,10,15H,8-9H2. The normalized spacial score (nSPS) is 12.5. The molecule has 0 saturated heterocycles. The number of imidazole rings is 1. The van der Waals surface area contributed by atoms with Gasteiger partial charge < -0.3 is 9.30 Å². The van der Waals surface area contributed by atoms with E-state index in [0.29, 0.717) is 23.2 Å². The zero-order valence-electron chi connectivity index (χ0n) is 12.0. The molecule has 0 aliphatic rings. The van der Waals surface area contributed by atoms with Crippen LogP contribution in [-0.2, 0) is 17.9 Å². The van der Waals surface area contributed by atoms with Crippen LogP contribution in [0.25, 0.3) is 0 Å². The lowest BCUT2D eigenvalue weighted by atomic mass is 10.1. The number of aromatic nitrogens is 2. The van der Waals surface area contributed by atoms with Gasteiger partial charge in [0.05, 0.1) is 23.8 Å². The van der Waals surface area contributed by atoms with Gasteiger partial charge in [-0.1, -0.05) is 40.9 Å². The Morgan fingerprint density at radius 3 is 2.70 bits per heavy atom. The highest BCUT2D eigenvalue weighted by Crippen LogP contribution is 2.31. The Bertz CT molecular complexity index is 773. The van der Waals surface area contributed by atoms with E-state index in [1.54, 1.807) is 18.6 Å². The van der Waals surface area contributed by atoms with E-state index in [4.69, 9.17) is 39.5 Å². The molecule has 0 spiro atoms. The minimum absolute atomic E-state index is 0.213. The van der Waals surface area contributed by atoms with Crippen molar-refractivity contribution in [3.8, 4) is 0 Å². The Morgan fingerprint density at radius 1 is 1.17 bits per heavy atom. The first-order chi connectivity index (χ1) is 11.1. The lowest BCUT2D eigenvalue weighted by Crippen LogP contribution is -2.12. The summed E-state index contributed by atoms with van der Waals surface area (Å²) in [7, 11) is 0. The smallest absolute Gasteiger partial charge is 0.102 e. The van der Waals surface area contributed by atoms with Gasteiger partial charge in [-0.2, -0.15) is 0 Å². The van der Waals surface area contributed by atoms with Crippen LogP contribution < -0.4 is 0 Å². The molecule has 3 rings (SSSR count). The zero-order chi connectivity index (χ0) is 16.2. The summed E-state index contributed by atoms with van der Waals surface area (Å²) in [4.78, 5) is 5.13. The Morgan fingerprint density at radius 2 is 2.04 bits per heavy atom.